The van der Waals surface area contributed by atoms with E-state index in [1.807, 2.05) is 13.8 Å². The molecule has 20 heavy (non-hydrogen) atoms. The maximum Gasteiger partial charge on any atom is 0.137 e. The van der Waals surface area contributed by atoms with Crippen LogP contribution >= 0.6 is 31.9 Å². The zero-order valence-corrected chi connectivity index (χ0v) is 14.1. The highest BCUT2D eigenvalue weighted by Gasteiger charge is 2.13. The zero-order chi connectivity index (χ0) is 14.9. The van der Waals surface area contributed by atoms with Gasteiger partial charge in [0.25, 0.3) is 0 Å². The summed E-state index contributed by atoms with van der Waals surface area (Å²) < 4.78 is 28.4. The fourth-order valence-corrected chi connectivity index (χ4v) is 2.68. The summed E-state index contributed by atoms with van der Waals surface area (Å²) in [6.45, 7) is 3.67. The average molecular weight is 405 g/mol. The van der Waals surface area contributed by atoms with Gasteiger partial charge in [0.15, 0.2) is 0 Å². The van der Waals surface area contributed by atoms with Crippen LogP contribution in [0, 0.1) is 18.6 Å². The SMILES string of the molecule is Cc1cc(F)c(Br)cc1NC(C)c1cc(Br)ccc1F. The summed E-state index contributed by atoms with van der Waals surface area (Å²) in [5.74, 6) is -0.582. The lowest BCUT2D eigenvalue weighted by atomic mass is 10.1. The van der Waals surface area contributed by atoms with E-state index in [1.165, 1.54) is 12.1 Å². The van der Waals surface area contributed by atoms with Crippen LogP contribution in [0.1, 0.15) is 24.1 Å². The number of aryl methyl sites for hydroxylation is 1. The molecule has 1 N–H and O–H groups in total. The molecule has 1 nitrogen and oxygen atoms in total. The molecule has 5 heteroatoms. The van der Waals surface area contributed by atoms with Crippen LogP contribution in [-0.4, -0.2) is 0 Å². The van der Waals surface area contributed by atoms with Crippen molar-refractivity contribution in [2.45, 2.75) is 19.9 Å². The van der Waals surface area contributed by atoms with E-state index in [1.54, 1.807) is 18.2 Å². The van der Waals surface area contributed by atoms with Crippen molar-refractivity contribution in [3.8, 4) is 0 Å². The van der Waals surface area contributed by atoms with Crippen LogP contribution < -0.4 is 5.32 Å². The van der Waals surface area contributed by atoms with Gasteiger partial charge in [-0.25, -0.2) is 8.78 Å². The van der Waals surface area contributed by atoms with E-state index in [0.29, 0.717) is 10.0 Å². The van der Waals surface area contributed by atoms with Gasteiger partial charge >= 0.3 is 0 Å². The Kier molecular flexibility index (Phi) is 4.81. The highest BCUT2D eigenvalue weighted by Crippen LogP contribution is 2.29. The molecule has 0 spiro atoms. The standard InChI is InChI=1S/C15H13Br2F2N/c1-8-5-14(19)12(17)7-15(8)20-9(2)11-6-10(16)3-4-13(11)18/h3-7,9,20H,1-2H3. The van der Waals surface area contributed by atoms with Crippen molar-refractivity contribution >= 4 is 37.5 Å². The van der Waals surface area contributed by atoms with Gasteiger partial charge in [0.1, 0.15) is 11.6 Å². The first-order valence-electron chi connectivity index (χ1n) is 6.05. The summed E-state index contributed by atoms with van der Waals surface area (Å²) in [7, 11) is 0. The summed E-state index contributed by atoms with van der Waals surface area (Å²) in [5, 5.41) is 3.21. The lowest BCUT2D eigenvalue weighted by molar-refractivity contribution is 0.599. The number of benzene rings is 2. The zero-order valence-electron chi connectivity index (χ0n) is 11.0. The van der Waals surface area contributed by atoms with Crippen LogP contribution in [0.3, 0.4) is 0 Å². The van der Waals surface area contributed by atoms with Crippen molar-refractivity contribution in [1.82, 2.24) is 0 Å². The Hall–Kier alpha value is -0.940. The van der Waals surface area contributed by atoms with Crippen LogP contribution in [0.25, 0.3) is 0 Å². The molecule has 2 aromatic rings. The fraction of sp³-hybridized carbons (Fsp3) is 0.200. The summed E-state index contributed by atoms with van der Waals surface area (Å²) in [6.07, 6.45) is 0. The third kappa shape index (κ3) is 3.38. The van der Waals surface area contributed by atoms with Crippen molar-refractivity contribution in [2.75, 3.05) is 5.32 Å². The Balaban J connectivity index is 2.30. The average Bonchev–Trinajstić information content (AvgIpc) is 2.38. The molecule has 0 amide bonds. The quantitative estimate of drug-likeness (QED) is 0.664. The van der Waals surface area contributed by atoms with E-state index < -0.39 is 0 Å². The number of anilines is 1. The summed E-state index contributed by atoms with van der Waals surface area (Å²) in [5.41, 5.74) is 2.09. The van der Waals surface area contributed by atoms with Crippen LogP contribution in [0.15, 0.2) is 39.3 Å². The van der Waals surface area contributed by atoms with E-state index >= 15 is 0 Å². The molecule has 0 bridgehead atoms. The molecule has 0 aromatic heterocycles. The van der Waals surface area contributed by atoms with Crippen LogP contribution in [-0.2, 0) is 0 Å². The van der Waals surface area contributed by atoms with Gasteiger partial charge in [-0.3, -0.25) is 0 Å². The maximum absolute atomic E-state index is 13.8. The highest BCUT2D eigenvalue weighted by atomic mass is 79.9. The number of halogens is 4. The molecule has 1 atom stereocenters. The molecule has 0 aliphatic heterocycles. The molecule has 0 aliphatic carbocycles. The predicted molar refractivity (Wildman–Crippen MR) is 85.0 cm³/mol. The number of rotatable bonds is 3. The van der Waals surface area contributed by atoms with E-state index in [9.17, 15) is 8.78 Å². The molecule has 0 radical (unpaired) electrons. The van der Waals surface area contributed by atoms with Gasteiger partial charge in [0.2, 0.25) is 0 Å². The minimum atomic E-state index is -0.311. The fourth-order valence-electron chi connectivity index (χ4n) is 1.96. The number of hydrogen-bond donors (Lipinski definition) is 1. The summed E-state index contributed by atoms with van der Waals surface area (Å²) in [4.78, 5) is 0. The molecule has 1 unspecified atom stereocenters. The van der Waals surface area contributed by atoms with E-state index in [2.05, 4.69) is 37.2 Å². The van der Waals surface area contributed by atoms with Crippen molar-refractivity contribution in [3.63, 3.8) is 0 Å². The highest BCUT2D eigenvalue weighted by molar-refractivity contribution is 9.10. The van der Waals surface area contributed by atoms with Gasteiger partial charge in [-0.05, 0) is 65.7 Å². The molecule has 0 saturated heterocycles. The topological polar surface area (TPSA) is 12.0 Å². The first kappa shape index (κ1) is 15.4. The smallest absolute Gasteiger partial charge is 0.137 e. The lowest BCUT2D eigenvalue weighted by Crippen LogP contribution is -2.10. The van der Waals surface area contributed by atoms with Crippen molar-refractivity contribution < 1.29 is 8.78 Å². The molecule has 2 rings (SSSR count). The van der Waals surface area contributed by atoms with Crippen molar-refractivity contribution in [2.24, 2.45) is 0 Å². The minimum Gasteiger partial charge on any atom is -0.378 e. The van der Waals surface area contributed by atoms with Gasteiger partial charge in [-0.15, -0.1) is 0 Å². The molecule has 106 valence electrons. The van der Waals surface area contributed by atoms with Crippen LogP contribution in [0.5, 0.6) is 0 Å². The Morgan fingerprint density at radius 1 is 1.05 bits per heavy atom. The number of nitrogens with one attached hydrogen (secondary N) is 1. The molecule has 0 saturated carbocycles. The monoisotopic (exact) mass is 403 g/mol. The second kappa shape index (κ2) is 6.22. The number of hydrogen-bond acceptors (Lipinski definition) is 1. The predicted octanol–water partition coefficient (Wildman–Crippen LogP) is 5.97. The second-order valence-electron chi connectivity index (χ2n) is 4.61. The molecule has 0 heterocycles. The minimum absolute atomic E-state index is 0.233. The lowest BCUT2D eigenvalue weighted by Gasteiger charge is -2.19. The second-order valence-corrected chi connectivity index (χ2v) is 6.38. The normalized spacial score (nSPS) is 12.3. The Labute approximate surface area is 133 Å². The Morgan fingerprint density at radius 2 is 1.75 bits per heavy atom. The molecule has 0 fully saturated rings. The molecular weight excluding hydrogens is 392 g/mol. The third-order valence-electron chi connectivity index (χ3n) is 3.06. The molecular formula is C15H13Br2F2N. The summed E-state index contributed by atoms with van der Waals surface area (Å²) in [6, 6.07) is 7.69. The van der Waals surface area contributed by atoms with E-state index in [-0.39, 0.29) is 17.7 Å². The van der Waals surface area contributed by atoms with Gasteiger partial charge in [0, 0.05) is 15.7 Å². The summed E-state index contributed by atoms with van der Waals surface area (Å²) >= 11 is 6.49. The van der Waals surface area contributed by atoms with Gasteiger partial charge < -0.3 is 5.32 Å². The van der Waals surface area contributed by atoms with Gasteiger partial charge in [-0.2, -0.15) is 0 Å². The van der Waals surface area contributed by atoms with Crippen molar-refractivity contribution in [1.29, 1.82) is 0 Å². The van der Waals surface area contributed by atoms with Crippen molar-refractivity contribution in [3.05, 3.63) is 62.0 Å². The third-order valence-corrected chi connectivity index (χ3v) is 4.16. The Morgan fingerprint density at radius 3 is 2.45 bits per heavy atom. The van der Waals surface area contributed by atoms with Gasteiger partial charge in [-0.1, -0.05) is 15.9 Å². The van der Waals surface area contributed by atoms with Crippen LogP contribution in [0.2, 0.25) is 0 Å². The Bertz CT molecular complexity index is 644. The maximum atomic E-state index is 13.8. The van der Waals surface area contributed by atoms with E-state index in [4.69, 9.17) is 0 Å². The molecule has 2 aromatic carbocycles. The van der Waals surface area contributed by atoms with E-state index in [0.717, 1.165) is 15.7 Å². The first-order chi connectivity index (χ1) is 9.38. The molecule has 0 aliphatic rings. The first-order valence-corrected chi connectivity index (χ1v) is 7.64. The largest absolute Gasteiger partial charge is 0.378 e. The van der Waals surface area contributed by atoms with Crippen LogP contribution in [0.4, 0.5) is 14.5 Å². The van der Waals surface area contributed by atoms with Gasteiger partial charge in [0.05, 0.1) is 10.5 Å².